The maximum Gasteiger partial charge on any atom is 0.160 e. The van der Waals surface area contributed by atoms with Gasteiger partial charge in [0.25, 0.3) is 0 Å². The highest BCUT2D eigenvalue weighted by molar-refractivity contribution is 6.17. The number of furan rings is 2. The molecule has 0 radical (unpaired) electrons. The normalized spacial score (nSPS) is 11.6. The second-order valence-corrected chi connectivity index (χ2v) is 14.1. The van der Waals surface area contributed by atoms with Gasteiger partial charge in [-0.15, -0.1) is 0 Å². The highest BCUT2D eigenvalue weighted by atomic mass is 16.3. The van der Waals surface area contributed by atoms with Crippen molar-refractivity contribution in [2.45, 2.75) is 0 Å². The Hall–Kier alpha value is -7.56. The lowest BCUT2D eigenvalue weighted by atomic mass is 9.93. The third-order valence-corrected chi connectivity index (χ3v) is 10.8. The Morgan fingerprint density at radius 1 is 0.304 bits per heavy atom. The molecule has 4 nitrogen and oxygen atoms in total. The lowest BCUT2D eigenvalue weighted by Crippen LogP contribution is -1.97. The molecular weight excluding hydrogens is 685 g/mol. The molecule has 0 aliphatic rings. The molecule has 3 heterocycles. The number of fused-ring (bicyclic) bond motifs is 6. The molecule has 0 amide bonds. The largest absolute Gasteiger partial charge is 0.456 e. The van der Waals surface area contributed by atoms with Gasteiger partial charge in [-0.05, 0) is 64.2 Å². The summed E-state index contributed by atoms with van der Waals surface area (Å²) in [5.74, 6) is 0.686. The van der Waals surface area contributed by atoms with E-state index in [1.54, 1.807) is 0 Å². The average Bonchev–Trinajstić information content (AvgIpc) is 3.85. The van der Waals surface area contributed by atoms with E-state index in [1.165, 1.54) is 0 Å². The summed E-state index contributed by atoms with van der Waals surface area (Å²) in [6.07, 6.45) is 0. The van der Waals surface area contributed by atoms with Crippen LogP contribution < -0.4 is 0 Å². The minimum absolute atomic E-state index is 0.686. The number of benzene rings is 8. The minimum atomic E-state index is 0.686. The molecule has 11 rings (SSSR count). The minimum Gasteiger partial charge on any atom is -0.456 e. The first-order valence-corrected chi connectivity index (χ1v) is 18.8. The first-order chi connectivity index (χ1) is 27.7. The van der Waals surface area contributed by atoms with Crippen molar-refractivity contribution in [2.24, 2.45) is 0 Å². The fourth-order valence-electron chi connectivity index (χ4n) is 8.04. The van der Waals surface area contributed by atoms with Crippen molar-refractivity contribution < 1.29 is 8.83 Å². The van der Waals surface area contributed by atoms with Crippen LogP contribution in [0.2, 0.25) is 0 Å². The van der Waals surface area contributed by atoms with Crippen LogP contribution in [0.3, 0.4) is 0 Å². The van der Waals surface area contributed by atoms with Gasteiger partial charge in [-0.25, -0.2) is 9.97 Å². The quantitative estimate of drug-likeness (QED) is 0.172. The number of para-hydroxylation sites is 2. The molecule has 4 heteroatoms. The van der Waals surface area contributed by atoms with E-state index >= 15 is 0 Å². The van der Waals surface area contributed by atoms with Gasteiger partial charge in [-0.2, -0.15) is 0 Å². The third kappa shape index (κ3) is 5.39. The Labute approximate surface area is 323 Å². The second-order valence-electron chi connectivity index (χ2n) is 14.1. The van der Waals surface area contributed by atoms with Crippen molar-refractivity contribution in [3.63, 3.8) is 0 Å². The Kier molecular flexibility index (Phi) is 7.46. The maximum absolute atomic E-state index is 6.70. The van der Waals surface area contributed by atoms with Crippen molar-refractivity contribution >= 4 is 43.9 Å². The van der Waals surface area contributed by atoms with Gasteiger partial charge < -0.3 is 8.83 Å². The molecule has 0 N–H and O–H groups in total. The summed E-state index contributed by atoms with van der Waals surface area (Å²) in [5.41, 5.74) is 14.9. The van der Waals surface area contributed by atoms with Gasteiger partial charge in [0.1, 0.15) is 22.3 Å². The Balaban J connectivity index is 1.03. The van der Waals surface area contributed by atoms with Gasteiger partial charge in [0.05, 0.1) is 11.4 Å². The van der Waals surface area contributed by atoms with Crippen LogP contribution in [0.4, 0.5) is 0 Å². The molecule has 8 aromatic carbocycles. The summed E-state index contributed by atoms with van der Waals surface area (Å²) in [5, 5.41) is 4.40. The Morgan fingerprint density at radius 2 is 0.857 bits per heavy atom. The summed E-state index contributed by atoms with van der Waals surface area (Å²) in [7, 11) is 0. The van der Waals surface area contributed by atoms with Gasteiger partial charge in [-0.1, -0.05) is 158 Å². The Bertz CT molecular complexity index is 3230. The van der Waals surface area contributed by atoms with E-state index in [4.69, 9.17) is 18.8 Å². The standard InChI is InChI=1S/C52H32N2O2/c1-3-13-33(14-4-1)38-17-7-8-18-41(38)46-32-45(53-52(54-46)36-15-5-2-6-16-36)35-25-23-34(24-26-35)40-29-28-39(50-43-20-10-12-22-48(43)56-51(40)50)37-27-30-49-44(31-37)42-19-9-11-21-47(42)55-49/h1-32H. The smallest absolute Gasteiger partial charge is 0.160 e. The maximum atomic E-state index is 6.70. The fraction of sp³-hybridized carbons (Fsp3) is 0. The van der Waals surface area contributed by atoms with Crippen LogP contribution in [0, 0.1) is 0 Å². The molecule has 3 aromatic heterocycles. The van der Waals surface area contributed by atoms with E-state index in [-0.39, 0.29) is 0 Å². The molecule has 0 bridgehead atoms. The van der Waals surface area contributed by atoms with Crippen LogP contribution in [0.25, 0.3) is 111 Å². The molecule has 0 saturated heterocycles. The number of rotatable bonds is 6. The number of hydrogen-bond donors (Lipinski definition) is 0. The lowest BCUT2D eigenvalue weighted by Gasteiger charge is -2.13. The monoisotopic (exact) mass is 716 g/mol. The summed E-state index contributed by atoms with van der Waals surface area (Å²) in [6, 6.07) is 67.3. The zero-order valence-corrected chi connectivity index (χ0v) is 30.2. The van der Waals surface area contributed by atoms with Crippen LogP contribution in [0.1, 0.15) is 0 Å². The molecule has 0 saturated carbocycles. The van der Waals surface area contributed by atoms with Crippen molar-refractivity contribution in [3.8, 4) is 67.3 Å². The number of nitrogens with zero attached hydrogens (tertiary/aromatic N) is 2. The van der Waals surface area contributed by atoms with E-state index < -0.39 is 0 Å². The van der Waals surface area contributed by atoms with Crippen molar-refractivity contribution in [2.75, 3.05) is 0 Å². The van der Waals surface area contributed by atoms with Crippen LogP contribution in [-0.4, -0.2) is 9.97 Å². The molecule has 0 spiro atoms. The molecule has 0 atom stereocenters. The fourth-order valence-corrected chi connectivity index (χ4v) is 8.04. The SMILES string of the molecule is c1ccc(-c2nc(-c3ccc(-c4ccc(-c5ccc6oc7ccccc7c6c5)c5c4oc4ccccc45)cc3)cc(-c3ccccc3-c3ccccc3)n2)cc1. The molecular formula is C52H32N2O2. The van der Waals surface area contributed by atoms with Crippen LogP contribution in [-0.2, 0) is 0 Å². The van der Waals surface area contributed by atoms with Gasteiger partial charge >= 0.3 is 0 Å². The lowest BCUT2D eigenvalue weighted by molar-refractivity contribution is 0.669. The zero-order chi connectivity index (χ0) is 37.0. The van der Waals surface area contributed by atoms with E-state index in [0.717, 1.165) is 105 Å². The van der Waals surface area contributed by atoms with Crippen LogP contribution in [0.5, 0.6) is 0 Å². The second kappa shape index (κ2) is 13.1. The molecule has 0 fully saturated rings. The first-order valence-electron chi connectivity index (χ1n) is 18.8. The predicted molar refractivity (Wildman–Crippen MR) is 229 cm³/mol. The molecule has 0 unspecified atom stereocenters. The molecule has 11 aromatic rings. The van der Waals surface area contributed by atoms with E-state index in [2.05, 4.69) is 146 Å². The van der Waals surface area contributed by atoms with Crippen molar-refractivity contribution in [3.05, 3.63) is 194 Å². The predicted octanol–water partition coefficient (Wildman–Crippen LogP) is 14.3. The van der Waals surface area contributed by atoms with E-state index in [9.17, 15) is 0 Å². The average molecular weight is 717 g/mol. The van der Waals surface area contributed by atoms with Crippen LogP contribution >= 0.6 is 0 Å². The number of aromatic nitrogens is 2. The Morgan fingerprint density at radius 3 is 1.64 bits per heavy atom. The molecule has 0 aliphatic heterocycles. The topological polar surface area (TPSA) is 52.1 Å². The van der Waals surface area contributed by atoms with Gasteiger partial charge in [0.2, 0.25) is 0 Å². The number of hydrogen-bond acceptors (Lipinski definition) is 4. The third-order valence-electron chi connectivity index (χ3n) is 10.8. The molecule has 56 heavy (non-hydrogen) atoms. The highest BCUT2D eigenvalue weighted by Crippen LogP contribution is 2.43. The van der Waals surface area contributed by atoms with Gasteiger partial charge in [-0.3, -0.25) is 0 Å². The highest BCUT2D eigenvalue weighted by Gasteiger charge is 2.19. The zero-order valence-electron chi connectivity index (χ0n) is 30.2. The van der Waals surface area contributed by atoms with Gasteiger partial charge in [0.15, 0.2) is 5.82 Å². The summed E-state index contributed by atoms with van der Waals surface area (Å²) >= 11 is 0. The van der Waals surface area contributed by atoms with E-state index in [1.807, 2.05) is 48.5 Å². The van der Waals surface area contributed by atoms with Crippen molar-refractivity contribution in [1.29, 1.82) is 0 Å². The van der Waals surface area contributed by atoms with E-state index in [0.29, 0.717) is 5.82 Å². The van der Waals surface area contributed by atoms with Gasteiger partial charge in [0, 0.05) is 43.8 Å². The summed E-state index contributed by atoms with van der Waals surface area (Å²) in [4.78, 5) is 10.3. The first kappa shape index (κ1) is 31.9. The molecule has 262 valence electrons. The summed E-state index contributed by atoms with van der Waals surface area (Å²) in [6.45, 7) is 0. The summed E-state index contributed by atoms with van der Waals surface area (Å²) < 4.78 is 12.9. The molecule has 0 aliphatic carbocycles. The van der Waals surface area contributed by atoms with Crippen molar-refractivity contribution in [1.82, 2.24) is 9.97 Å². The van der Waals surface area contributed by atoms with Crippen LogP contribution in [0.15, 0.2) is 203 Å².